The fourth-order valence-electron chi connectivity index (χ4n) is 4.66. The van der Waals surface area contributed by atoms with E-state index in [9.17, 15) is 4.79 Å². The molecule has 2 unspecified atom stereocenters. The molecule has 1 aromatic heterocycles. The predicted octanol–water partition coefficient (Wildman–Crippen LogP) is 4.31. The summed E-state index contributed by atoms with van der Waals surface area (Å²) in [7, 11) is 1.99. The van der Waals surface area contributed by atoms with Crippen molar-refractivity contribution in [2.24, 2.45) is 0 Å². The van der Waals surface area contributed by atoms with Crippen molar-refractivity contribution in [3.63, 3.8) is 0 Å². The third-order valence-electron chi connectivity index (χ3n) is 6.28. The van der Waals surface area contributed by atoms with Gasteiger partial charge in [0.2, 0.25) is 0 Å². The molecule has 3 heterocycles. The van der Waals surface area contributed by atoms with E-state index in [-0.39, 0.29) is 30.7 Å². The SMILES string of the molecule is CN(C(=O)c1cc(C2CC2)nc2ccccc12)C1CC2CCC(C1)N2.Cl.Cl. The average molecular weight is 408 g/mol. The van der Waals surface area contributed by atoms with Crippen LogP contribution in [-0.4, -0.2) is 41.0 Å². The molecular weight excluding hydrogens is 381 g/mol. The van der Waals surface area contributed by atoms with Gasteiger partial charge in [-0.25, -0.2) is 0 Å². The van der Waals surface area contributed by atoms with Crippen molar-refractivity contribution >= 4 is 41.6 Å². The lowest BCUT2D eigenvalue weighted by atomic mass is 9.97. The van der Waals surface area contributed by atoms with Gasteiger partial charge in [0, 0.05) is 42.2 Å². The van der Waals surface area contributed by atoms with Crippen LogP contribution in [0.4, 0.5) is 0 Å². The fourth-order valence-corrected chi connectivity index (χ4v) is 4.66. The molecule has 6 heteroatoms. The molecule has 146 valence electrons. The van der Waals surface area contributed by atoms with E-state index in [2.05, 4.69) is 11.4 Å². The molecule has 2 bridgehead atoms. The molecule has 1 aliphatic carbocycles. The van der Waals surface area contributed by atoms with Gasteiger partial charge in [-0.1, -0.05) is 18.2 Å². The van der Waals surface area contributed by atoms with Crippen molar-refractivity contribution in [2.45, 2.75) is 62.6 Å². The van der Waals surface area contributed by atoms with E-state index < -0.39 is 0 Å². The molecule has 2 aromatic rings. The standard InChI is InChI=1S/C21H25N3O.2ClH/c1-24(16-10-14-8-9-15(11-16)22-14)21(25)18-12-20(13-6-7-13)23-19-5-3-2-4-17(18)19;;/h2-5,12-16,22H,6-11H2,1H3;2*1H. The Bertz CT molecular complexity index is 827. The number of hydrogen-bond acceptors (Lipinski definition) is 3. The Kier molecular flexibility index (Phi) is 5.99. The van der Waals surface area contributed by atoms with E-state index in [4.69, 9.17) is 4.98 Å². The van der Waals surface area contributed by atoms with Crippen LogP contribution in [0.25, 0.3) is 10.9 Å². The largest absolute Gasteiger partial charge is 0.339 e. The topological polar surface area (TPSA) is 45.2 Å². The Morgan fingerprint density at radius 2 is 1.74 bits per heavy atom. The van der Waals surface area contributed by atoms with E-state index in [1.807, 2.05) is 36.2 Å². The average Bonchev–Trinajstić information content (AvgIpc) is 3.44. The van der Waals surface area contributed by atoms with Crippen LogP contribution in [0, 0.1) is 0 Å². The molecule has 0 radical (unpaired) electrons. The first kappa shape index (κ1) is 20.4. The number of amides is 1. The van der Waals surface area contributed by atoms with Crippen LogP contribution >= 0.6 is 24.8 Å². The summed E-state index contributed by atoms with van der Waals surface area (Å²) in [5.74, 6) is 0.711. The summed E-state index contributed by atoms with van der Waals surface area (Å²) in [5.41, 5.74) is 2.88. The molecule has 1 saturated carbocycles. The molecule has 3 fully saturated rings. The first-order valence-electron chi connectivity index (χ1n) is 9.62. The van der Waals surface area contributed by atoms with Crippen molar-refractivity contribution < 1.29 is 4.79 Å². The smallest absolute Gasteiger partial charge is 0.254 e. The number of nitrogens with one attached hydrogen (secondary N) is 1. The van der Waals surface area contributed by atoms with Gasteiger partial charge in [-0.05, 0) is 50.7 Å². The Morgan fingerprint density at radius 1 is 1.07 bits per heavy atom. The number of pyridine rings is 1. The molecule has 27 heavy (non-hydrogen) atoms. The highest BCUT2D eigenvalue weighted by molar-refractivity contribution is 6.06. The summed E-state index contributed by atoms with van der Waals surface area (Å²) < 4.78 is 0. The monoisotopic (exact) mass is 407 g/mol. The van der Waals surface area contributed by atoms with E-state index in [1.54, 1.807) is 0 Å². The molecule has 2 saturated heterocycles. The van der Waals surface area contributed by atoms with Gasteiger partial charge in [-0.3, -0.25) is 9.78 Å². The van der Waals surface area contributed by atoms with Gasteiger partial charge in [-0.15, -0.1) is 24.8 Å². The number of hydrogen-bond donors (Lipinski definition) is 1. The molecule has 2 aliphatic heterocycles. The summed E-state index contributed by atoms with van der Waals surface area (Å²) in [6.07, 6.45) is 7.08. The zero-order valence-electron chi connectivity index (χ0n) is 15.6. The van der Waals surface area contributed by atoms with E-state index in [0.717, 1.165) is 35.0 Å². The highest BCUT2D eigenvalue weighted by atomic mass is 35.5. The maximum absolute atomic E-state index is 13.4. The van der Waals surface area contributed by atoms with Gasteiger partial charge in [0.05, 0.1) is 11.1 Å². The minimum absolute atomic E-state index is 0. The predicted molar refractivity (Wildman–Crippen MR) is 113 cm³/mol. The van der Waals surface area contributed by atoms with Gasteiger partial charge < -0.3 is 10.2 Å². The summed E-state index contributed by atoms with van der Waals surface area (Å²) in [5, 5.41) is 4.65. The number of piperidine rings is 1. The Hall–Kier alpha value is -1.36. The second-order valence-corrected chi connectivity index (χ2v) is 8.07. The molecular formula is C21H27Cl2N3O. The zero-order valence-corrected chi connectivity index (χ0v) is 17.2. The third-order valence-corrected chi connectivity index (χ3v) is 6.28. The summed E-state index contributed by atoms with van der Waals surface area (Å²) >= 11 is 0. The summed E-state index contributed by atoms with van der Waals surface area (Å²) in [4.78, 5) is 20.2. The second-order valence-electron chi connectivity index (χ2n) is 8.07. The van der Waals surface area contributed by atoms with Crippen LogP contribution in [0.1, 0.15) is 60.5 Å². The number of halogens is 2. The van der Waals surface area contributed by atoms with Crippen molar-refractivity contribution in [2.75, 3.05) is 7.05 Å². The Labute approximate surface area is 172 Å². The normalized spacial score (nSPS) is 26.2. The third kappa shape index (κ3) is 3.80. The quantitative estimate of drug-likeness (QED) is 0.823. The highest BCUT2D eigenvalue weighted by Gasteiger charge is 2.37. The molecule has 4 nitrogen and oxygen atoms in total. The molecule has 1 N–H and O–H groups in total. The zero-order chi connectivity index (χ0) is 17.0. The lowest BCUT2D eigenvalue weighted by Gasteiger charge is -2.35. The molecule has 1 aromatic carbocycles. The van der Waals surface area contributed by atoms with Crippen LogP contribution in [0.5, 0.6) is 0 Å². The van der Waals surface area contributed by atoms with Crippen LogP contribution in [0.3, 0.4) is 0 Å². The van der Waals surface area contributed by atoms with E-state index >= 15 is 0 Å². The van der Waals surface area contributed by atoms with Gasteiger partial charge in [0.25, 0.3) is 5.91 Å². The van der Waals surface area contributed by atoms with Crippen molar-refractivity contribution in [1.82, 2.24) is 15.2 Å². The van der Waals surface area contributed by atoms with Crippen molar-refractivity contribution in [3.8, 4) is 0 Å². The number of nitrogens with zero attached hydrogens (tertiary/aromatic N) is 2. The minimum atomic E-state index is 0. The van der Waals surface area contributed by atoms with Gasteiger partial charge in [-0.2, -0.15) is 0 Å². The van der Waals surface area contributed by atoms with E-state index in [0.29, 0.717) is 24.0 Å². The van der Waals surface area contributed by atoms with Crippen molar-refractivity contribution in [1.29, 1.82) is 0 Å². The number of benzene rings is 1. The lowest BCUT2D eigenvalue weighted by Crippen LogP contribution is -2.48. The van der Waals surface area contributed by atoms with Crippen molar-refractivity contribution in [3.05, 3.63) is 41.6 Å². The van der Waals surface area contributed by atoms with E-state index in [1.165, 1.54) is 25.7 Å². The molecule has 2 atom stereocenters. The Balaban J connectivity index is 0.00000105. The number of para-hydroxylation sites is 1. The van der Waals surface area contributed by atoms with Crippen LogP contribution in [-0.2, 0) is 0 Å². The maximum Gasteiger partial charge on any atom is 0.254 e. The molecule has 0 spiro atoms. The maximum atomic E-state index is 13.4. The number of carbonyl (C=O) groups is 1. The minimum Gasteiger partial charge on any atom is -0.339 e. The van der Waals surface area contributed by atoms with Gasteiger partial charge in [0.1, 0.15) is 0 Å². The first-order valence-corrected chi connectivity index (χ1v) is 9.62. The fraction of sp³-hybridized carbons (Fsp3) is 0.524. The second kappa shape index (κ2) is 7.94. The molecule has 3 aliphatic rings. The van der Waals surface area contributed by atoms with Crippen LogP contribution < -0.4 is 5.32 Å². The van der Waals surface area contributed by atoms with Crippen LogP contribution in [0.15, 0.2) is 30.3 Å². The van der Waals surface area contributed by atoms with Gasteiger partial charge in [0.15, 0.2) is 0 Å². The molecule has 5 rings (SSSR count). The Morgan fingerprint density at radius 3 is 2.41 bits per heavy atom. The highest BCUT2D eigenvalue weighted by Crippen LogP contribution is 2.40. The van der Waals surface area contributed by atoms with Crippen LogP contribution in [0.2, 0.25) is 0 Å². The summed E-state index contributed by atoms with van der Waals surface area (Å²) in [6.45, 7) is 0. The van der Waals surface area contributed by atoms with Gasteiger partial charge >= 0.3 is 0 Å². The molecule has 1 amide bonds. The number of rotatable bonds is 3. The summed E-state index contributed by atoms with van der Waals surface area (Å²) in [6, 6.07) is 11.7. The lowest BCUT2D eigenvalue weighted by molar-refractivity contribution is 0.0683. The number of carbonyl (C=O) groups excluding carboxylic acids is 1. The number of aromatic nitrogens is 1. The number of fused-ring (bicyclic) bond motifs is 3. The first-order chi connectivity index (χ1) is 12.2.